The third-order valence-electron chi connectivity index (χ3n) is 7.45. The lowest BCUT2D eigenvalue weighted by atomic mass is 9.95. The summed E-state index contributed by atoms with van der Waals surface area (Å²) in [6.45, 7) is 11.3. The van der Waals surface area contributed by atoms with Crippen molar-refractivity contribution in [3.05, 3.63) is 129 Å². The minimum atomic E-state index is -4.24. The van der Waals surface area contributed by atoms with Crippen LogP contribution in [0.25, 0.3) is 49.3 Å². The molecule has 218 valence electrons. The molecule has 0 aliphatic rings. The number of hydrogen-bond acceptors (Lipinski definition) is 4. The van der Waals surface area contributed by atoms with Crippen LogP contribution in [0.2, 0.25) is 5.02 Å². The van der Waals surface area contributed by atoms with Gasteiger partial charge in [-0.1, -0.05) is 53.6 Å². The molecular formula is C34H22ClFN2O4S2. The Morgan fingerprint density at radius 3 is 2.39 bits per heavy atom. The molecule has 4 aromatic carbocycles. The summed E-state index contributed by atoms with van der Waals surface area (Å²) in [7, 11) is -4.24. The Morgan fingerprint density at radius 1 is 0.955 bits per heavy atom. The Balaban J connectivity index is 1.73. The monoisotopic (exact) mass is 640 g/mol. The predicted octanol–water partition coefficient (Wildman–Crippen LogP) is 9.60. The van der Waals surface area contributed by atoms with Crippen molar-refractivity contribution in [3.63, 3.8) is 0 Å². The van der Waals surface area contributed by atoms with Crippen molar-refractivity contribution in [2.75, 3.05) is 0 Å². The first-order valence-corrected chi connectivity index (χ1v) is 16.0. The molecule has 0 spiro atoms. The lowest BCUT2D eigenvalue weighted by Gasteiger charge is -2.15. The van der Waals surface area contributed by atoms with E-state index in [-0.39, 0.29) is 26.7 Å². The molecule has 2 heterocycles. The molecule has 6 aromatic rings. The van der Waals surface area contributed by atoms with Crippen LogP contribution >= 0.6 is 22.9 Å². The van der Waals surface area contributed by atoms with Crippen molar-refractivity contribution >= 4 is 54.8 Å². The summed E-state index contributed by atoms with van der Waals surface area (Å²) in [5.41, 5.74) is 4.52. The van der Waals surface area contributed by atoms with Crippen molar-refractivity contribution in [1.82, 2.24) is 3.97 Å². The van der Waals surface area contributed by atoms with Crippen molar-refractivity contribution in [2.24, 2.45) is 0 Å². The van der Waals surface area contributed by atoms with Crippen molar-refractivity contribution in [3.8, 4) is 33.5 Å². The second-order valence-electron chi connectivity index (χ2n) is 10.3. The van der Waals surface area contributed by atoms with Gasteiger partial charge in [-0.25, -0.2) is 26.4 Å². The van der Waals surface area contributed by atoms with Gasteiger partial charge in [0.25, 0.3) is 10.0 Å². The van der Waals surface area contributed by atoms with Gasteiger partial charge in [-0.3, -0.25) is 0 Å². The van der Waals surface area contributed by atoms with Gasteiger partial charge >= 0.3 is 5.97 Å². The zero-order chi connectivity index (χ0) is 31.3. The summed E-state index contributed by atoms with van der Waals surface area (Å²) < 4.78 is 45.0. The van der Waals surface area contributed by atoms with Crippen LogP contribution in [0.5, 0.6) is 0 Å². The molecule has 10 heteroatoms. The molecule has 0 aliphatic carbocycles. The minimum absolute atomic E-state index is 0.0481. The van der Waals surface area contributed by atoms with Gasteiger partial charge in [0, 0.05) is 32.7 Å². The summed E-state index contributed by atoms with van der Waals surface area (Å²) in [6, 6.07) is 22.3. The molecule has 2 aromatic heterocycles. The normalized spacial score (nSPS) is 11.5. The molecule has 1 N–H and O–H groups in total. The number of benzene rings is 4. The van der Waals surface area contributed by atoms with Gasteiger partial charge in [0.05, 0.1) is 28.2 Å². The first-order valence-electron chi connectivity index (χ1n) is 13.3. The fourth-order valence-corrected chi connectivity index (χ4v) is 7.88. The zero-order valence-electron chi connectivity index (χ0n) is 23.3. The number of aryl methyl sites for hydroxylation is 2. The van der Waals surface area contributed by atoms with Crippen LogP contribution in [-0.4, -0.2) is 23.5 Å². The Bertz CT molecular complexity index is 2280. The number of thiophene rings is 1. The van der Waals surface area contributed by atoms with Crippen LogP contribution in [0.3, 0.4) is 0 Å². The molecule has 0 saturated carbocycles. The van der Waals surface area contributed by atoms with E-state index < -0.39 is 21.8 Å². The Hall–Kier alpha value is -4.75. The highest BCUT2D eigenvalue weighted by molar-refractivity contribution is 7.90. The maximum absolute atomic E-state index is 14.8. The van der Waals surface area contributed by atoms with Gasteiger partial charge < -0.3 is 5.11 Å². The van der Waals surface area contributed by atoms with Gasteiger partial charge in [-0.15, -0.1) is 0 Å². The number of carbonyl (C=O) groups is 1. The molecule has 44 heavy (non-hydrogen) atoms. The van der Waals surface area contributed by atoms with E-state index in [1.54, 1.807) is 60.8 Å². The highest BCUT2D eigenvalue weighted by Crippen LogP contribution is 2.48. The molecule has 0 amide bonds. The summed E-state index contributed by atoms with van der Waals surface area (Å²) in [4.78, 5) is 15.4. The van der Waals surface area contributed by atoms with E-state index in [0.29, 0.717) is 43.8 Å². The lowest BCUT2D eigenvalue weighted by Crippen LogP contribution is -2.14. The van der Waals surface area contributed by atoms with E-state index >= 15 is 0 Å². The average molecular weight is 641 g/mol. The number of halogens is 2. The smallest absolute Gasteiger partial charge is 0.336 e. The maximum atomic E-state index is 14.8. The number of carboxylic acids is 1. The topological polar surface area (TPSA) is 80.7 Å². The highest BCUT2D eigenvalue weighted by Gasteiger charge is 2.30. The summed E-state index contributed by atoms with van der Waals surface area (Å²) >= 11 is 7.78. The third kappa shape index (κ3) is 4.87. The van der Waals surface area contributed by atoms with Crippen molar-refractivity contribution in [2.45, 2.75) is 18.7 Å². The Labute approximate surface area is 262 Å². The van der Waals surface area contributed by atoms with Crippen LogP contribution in [0.15, 0.2) is 95.2 Å². The molecule has 6 nitrogen and oxygen atoms in total. The number of fused-ring (bicyclic) bond motifs is 1. The molecule has 0 radical (unpaired) electrons. The summed E-state index contributed by atoms with van der Waals surface area (Å²) in [6.07, 6.45) is 0. The minimum Gasteiger partial charge on any atom is -0.478 e. The van der Waals surface area contributed by atoms with Crippen LogP contribution in [0.1, 0.15) is 21.5 Å². The highest BCUT2D eigenvalue weighted by atomic mass is 35.5. The van der Waals surface area contributed by atoms with Crippen LogP contribution in [0, 0.1) is 26.2 Å². The Morgan fingerprint density at radius 2 is 1.68 bits per heavy atom. The fourth-order valence-electron chi connectivity index (χ4n) is 5.38. The SMILES string of the molecule is [C-]#[N+]c1sccc1-c1c(-c2cccc(-c3cc(C)c(C(=O)O)cc3Cl)c2)n(S(=O)(=O)c2ccc(C)cc2)c2ccc(F)cc12. The second kappa shape index (κ2) is 11.1. The fraction of sp³-hybridized carbons (Fsp3) is 0.0588. The molecule has 0 aliphatic heterocycles. The summed E-state index contributed by atoms with van der Waals surface area (Å²) in [5, 5.41) is 12.2. The molecule has 0 atom stereocenters. The molecule has 0 bridgehead atoms. The second-order valence-corrected chi connectivity index (χ2v) is 13.3. The van der Waals surface area contributed by atoms with Gasteiger partial charge in [-0.05, 0) is 78.9 Å². The van der Waals surface area contributed by atoms with Crippen LogP contribution in [-0.2, 0) is 10.0 Å². The van der Waals surface area contributed by atoms with Crippen molar-refractivity contribution < 1.29 is 22.7 Å². The maximum Gasteiger partial charge on any atom is 0.336 e. The number of hydrogen-bond donors (Lipinski definition) is 1. The molecule has 0 saturated heterocycles. The number of carboxylic acid groups (broad SMARTS) is 1. The van der Waals surface area contributed by atoms with Gasteiger partial charge in [0.1, 0.15) is 5.82 Å². The number of aromatic carboxylic acids is 1. The van der Waals surface area contributed by atoms with E-state index in [2.05, 4.69) is 4.85 Å². The predicted molar refractivity (Wildman–Crippen MR) is 173 cm³/mol. The molecule has 0 fully saturated rings. The van der Waals surface area contributed by atoms with Crippen LogP contribution < -0.4 is 0 Å². The molecule has 6 rings (SSSR count). The van der Waals surface area contributed by atoms with E-state index in [1.807, 2.05) is 6.92 Å². The quantitative estimate of drug-likeness (QED) is 0.184. The van der Waals surface area contributed by atoms with Gasteiger partial charge in [0.15, 0.2) is 0 Å². The average Bonchev–Trinajstić information content (AvgIpc) is 3.60. The van der Waals surface area contributed by atoms with E-state index in [0.717, 1.165) is 5.56 Å². The van der Waals surface area contributed by atoms with Gasteiger partial charge in [0.2, 0.25) is 5.00 Å². The van der Waals surface area contributed by atoms with E-state index in [4.69, 9.17) is 18.2 Å². The first-order chi connectivity index (χ1) is 21.0. The standard InChI is InChI=1S/C34H22ClFN2O4S2/c1-19-7-10-24(11-8-19)44(41,42)38-30-12-9-23(36)17-28(30)31(25-13-14-43-33(25)37-3)32(38)22-6-4-5-21(16-22)27-15-20(2)26(34(39)40)18-29(27)35/h4-18H,1-2H3,(H,39,40). The number of rotatable bonds is 6. The van der Waals surface area contributed by atoms with Gasteiger partial charge in [-0.2, -0.15) is 11.3 Å². The summed E-state index contributed by atoms with van der Waals surface area (Å²) in [5.74, 6) is -1.65. The Kier molecular flexibility index (Phi) is 7.38. The largest absolute Gasteiger partial charge is 0.478 e. The van der Waals surface area contributed by atoms with Crippen molar-refractivity contribution in [1.29, 1.82) is 0 Å². The first kappa shape index (κ1) is 29.3. The van der Waals surface area contributed by atoms with E-state index in [1.165, 1.54) is 51.7 Å². The number of nitrogens with zero attached hydrogens (tertiary/aromatic N) is 2. The van der Waals surface area contributed by atoms with E-state index in [9.17, 15) is 22.7 Å². The third-order valence-corrected chi connectivity index (χ3v) is 10.3. The lowest BCUT2D eigenvalue weighted by molar-refractivity contribution is 0.0696. The number of aromatic nitrogens is 1. The molecule has 0 unspecified atom stereocenters. The van der Waals surface area contributed by atoms with Crippen LogP contribution in [0.4, 0.5) is 9.39 Å². The molecular weight excluding hydrogens is 619 g/mol. The zero-order valence-corrected chi connectivity index (χ0v) is 25.7.